The molecule has 1 atom stereocenters. The van der Waals surface area contributed by atoms with Gasteiger partial charge in [0.1, 0.15) is 0 Å². The molecule has 0 spiro atoms. The summed E-state index contributed by atoms with van der Waals surface area (Å²) in [7, 11) is 0. The van der Waals surface area contributed by atoms with Gasteiger partial charge < -0.3 is 15.7 Å². The number of hydrogen-bond acceptors (Lipinski definition) is 6. The third kappa shape index (κ3) is 5.91. The van der Waals surface area contributed by atoms with Crippen LogP contribution in [0.15, 0.2) is 42.7 Å². The van der Waals surface area contributed by atoms with Gasteiger partial charge in [-0.15, -0.1) is 5.10 Å². The summed E-state index contributed by atoms with van der Waals surface area (Å²) in [4.78, 5) is 21.2. The molecule has 1 aromatic carbocycles. The minimum absolute atomic E-state index is 0.157. The van der Waals surface area contributed by atoms with E-state index in [0.717, 1.165) is 30.0 Å². The number of alkyl halides is 3. The van der Waals surface area contributed by atoms with Gasteiger partial charge in [0.15, 0.2) is 5.69 Å². The van der Waals surface area contributed by atoms with E-state index in [0.29, 0.717) is 18.3 Å². The van der Waals surface area contributed by atoms with Crippen molar-refractivity contribution in [2.45, 2.75) is 38.8 Å². The van der Waals surface area contributed by atoms with Gasteiger partial charge in [0.2, 0.25) is 0 Å². The fourth-order valence-corrected chi connectivity index (χ4v) is 2.85. The summed E-state index contributed by atoms with van der Waals surface area (Å²) < 4.78 is 35.3. The summed E-state index contributed by atoms with van der Waals surface area (Å²) >= 11 is 0. The number of carboxylic acids is 1. The third-order valence-corrected chi connectivity index (χ3v) is 4.49. The first-order chi connectivity index (χ1) is 15.1. The van der Waals surface area contributed by atoms with Crippen molar-refractivity contribution in [2.24, 2.45) is 0 Å². The number of aromatic nitrogens is 5. The van der Waals surface area contributed by atoms with E-state index in [9.17, 15) is 18.0 Å². The van der Waals surface area contributed by atoms with Crippen LogP contribution in [0.1, 0.15) is 28.7 Å². The zero-order valence-electron chi connectivity index (χ0n) is 16.9. The van der Waals surface area contributed by atoms with Crippen LogP contribution in [0.4, 0.5) is 13.2 Å². The molecule has 2 aromatic heterocycles. The minimum Gasteiger partial charge on any atom is -0.475 e. The predicted molar refractivity (Wildman–Crippen MR) is 105 cm³/mol. The van der Waals surface area contributed by atoms with Crippen LogP contribution in [-0.4, -0.2) is 54.0 Å². The van der Waals surface area contributed by atoms with Crippen molar-refractivity contribution < 1.29 is 27.9 Å². The second kappa shape index (κ2) is 9.60. The first-order valence-corrected chi connectivity index (χ1v) is 9.47. The van der Waals surface area contributed by atoms with Gasteiger partial charge in [-0.05, 0) is 30.7 Å². The van der Waals surface area contributed by atoms with Crippen LogP contribution in [0, 0.1) is 0 Å². The number of benzene rings is 1. The Labute approximate surface area is 180 Å². The average molecular weight is 451 g/mol. The lowest BCUT2D eigenvalue weighted by molar-refractivity contribution is -0.192. The highest BCUT2D eigenvalue weighted by molar-refractivity contribution is 5.92. The summed E-state index contributed by atoms with van der Waals surface area (Å²) in [5, 5.41) is 25.6. The molecular weight excluding hydrogens is 431 g/mol. The zero-order chi connectivity index (χ0) is 23.3. The summed E-state index contributed by atoms with van der Waals surface area (Å²) in [5.41, 5.74) is 3.44. The molecule has 13 heteroatoms. The molecule has 0 saturated carbocycles. The number of fused-ring (bicyclic) bond motifs is 1. The number of rotatable bonds is 4. The number of halogens is 3. The SMILES string of the molecule is CC1Cn2nc(C(=O)NCc3ccc(-n4ccnn4)cc3)cc2CN1.O=C(O)C(F)(F)F. The highest BCUT2D eigenvalue weighted by atomic mass is 19.4. The molecule has 1 amide bonds. The Hall–Kier alpha value is -3.74. The molecule has 32 heavy (non-hydrogen) atoms. The van der Waals surface area contributed by atoms with Crippen LogP contribution < -0.4 is 10.6 Å². The Morgan fingerprint density at radius 1 is 1.28 bits per heavy atom. The summed E-state index contributed by atoms with van der Waals surface area (Å²) in [6, 6.07) is 10.0. The van der Waals surface area contributed by atoms with Crippen LogP contribution in [0.25, 0.3) is 5.69 Å². The van der Waals surface area contributed by atoms with Crippen molar-refractivity contribution in [1.82, 2.24) is 35.4 Å². The molecule has 0 radical (unpaired) electrons. The number of nitrogens with one attached hydrogen (secondary N) is 2. The van der Waals surface area contributed by atoms with E-state index in [1.54, 1.807) is 17.1 Å². The van der Waals surface area contributed by atoms with Crippen molar-refractivity contribution in [3.63, 3.8) is 0 Å². The second-order valence-corrected chi connectivity index (χ2v) is 6.98. The Balaban J connectivity index is 0.000000360. The topological polar surface area (TPSA) is 127 Å². The van der Waals surface area contributed by atoms with Gasteiger partial charge in [-0.3, -0.25) is 9.48 Å². The average Bonchev–Trinajstić information content (AvgIpc) is 3.42. The van der Waals surface area contributed by atoms with Crippen LogP contribution in [-0.2, 0) is 24.4 Å². The first-order valence-electron chi connectivity index (χ1n) is 9.47. The molecule has 1 unspecified atom stereocenters. The summed E-state index contributed by atoms with van der Waals surface area (Å²) in [5.74, 6) is -2.91. The van der Waals surface area contributed by atoms with E-state index in [-0.39, 0.29) is 5.91 Å². The standard InChI is InChI=1S/C17H19N7O.C2HF3O2/c1-12-11-24-15(10-18-12)8-16(21-24)17(25)19-9-13-2-4-14(5-3-13)23-7-6-20-22-23;3-2(4,5)1(6)7/h2-8,12,18H,9-11H2,1H3,(H,19,25);(H,6,7). The molecule has 1 aliphatic rings. The Morgan fingerprint density at radius 2 is 1.97 bits per heavy atom. The maximum atomic E-state index is 12.3. The van der Waals surface area contributed by atoms with Gasteiger partial charge in [-0.1, -0.05) is 17.3 Å². The number of carbonyl (C=O) groups is 2. The smallest absolute Gasteiger partial charge is 0.475 e. The van der Waals surface area contributed by atoms with Gasteiger partial charge in [0, 0.05) is 19.1 Å². The lowest BCUT2D eigenvalue weighted by Crippen LogP contribution is -2.36. The fourth-order valence-electron chi connectivity index (χ4n) is 2.85. The summed E-state index contributed by atoms with van der Waals surface area (Å²) in [6.07, 6.45) is -1.66. The van der Waals surface area contributed by atoms with Gasteiger partial charge in [-0.2, -0.15) is 18.3 Å². The van der Waals surface area contributed by atoms with E-state index >= 15 is 0 Å². The number of carboxylic acid groups (broad SMARTS) is 1. The molecule has 0 fully saturated rings. The fraction of sp³-hybridized carbons (Fsp3) is 0.316. The largest absolute Gasteiger partial charge is 0.490 e. The molecule has 3 aromatic rings. The van der Waals surface area contributed by atoms with E-state index in [1.165, 1.54) is 0 Å². The first kappa shape index (κ1) is 22.9. The second-order valence-electron chi connectivity index (χ2n) is 6.98. The Bertz CT molecular complexity index is 1060. The van der Waals surface area contributed by atoms with Crippen LogP contribution in [0.5, 0.6) is 0 Å². The van der Waals surface area contributed by atoms with Gasteiger partial charge in [0.25, 0.3) is 5.91 Å². The molecule has 3 heterocycles. The van der Waals surface area contributed by atoms with Gasteiger partial charge >= 0.3 is 12.1 Å². The van der Waals surface area contributed by atoms with Crippen LogP contribution >= 0.6 is 0 Å². The van der Waals surface area contributed by atoms with Crippen molar-refractivity contribution in [3.05, 3.63) is 59.7 Å². The number of aliphatic carboxylic acids is 1. The molecule has 3 N–H and O–H groups in total. The highest BCUT2D eigenvalue weighted by Gasteiger charge is 2.38. The van der Waals surface area contributed by atoms with Crippen molar-refractivity contribution in [2.75, 3.05) is 0 Å². The summed E-state index contributed by atoms with van der Waals surface area (Å²) in [6.45, 7) is 4.08. The van der Waals surface area contributed by atoms with E-state index < -0.39 is 12.1 Å². The Morgan fingerprint density at radius 3 is 2.56 bits per heavy atom. The number of amides is 1. The van der Waals surface area contributed by atoms with Crippen LogP contribution in [0.3, 0.4) is 0 Å². The Kier molecular flexibility index (Phi) is 6.88. The van der Waals surface area contributed by atoms with Gasteiger partial charge in [0.05, 0.1) is 30.3 Å². The van der Waals surface area contributed by atoms with Gasteiger partial charge in [-0.25, -0.2) is 9.48 Å². The van der Waals surface area contributed by atoms with Crippen molar-refractivity contribution in [1.29, 1.82) is 0 Å². The minimum atomic E-state index is -5.08. The normalized spacial score (nSPS) is 15.3. The highest BCUT2D eigenvalue weighted by Crippen LogP contribution is 2.13. The maximum absolute atomic E-state index is 12.3. The monoisotopic (exact) mass is 451 g/mol. The molecule has 10 nitrogen and oxygen atoms in total. The predicted octanol–water partition coefficient (Wildman–Crippen LogP) is 1.52. The molecule has 0 aliphatic carbocycles. The molecular formula is C19H20F3N7O3. The van der Waals surface area contributed by atoms with Crippen molar-refractivity contribution >= 4 is 11.9 Å². The molecule has 170 valence electrons. The van der Waals surface area contributed by atoms with E-state index in [1.807, 2.05) is 35.0 Å². The molecule has 0 bridgehead atoms. The lowest BCUT2D eigenvalue weighted by Gasteiger charge is -2.21. The van der Waals surface area contributed by atoms with Crippen molar-refractivity contribution in [3.8, 4) is 5.69 Å². The van der Waals surface area contributed by atoms with Crippen LogP contribution in [0.2, 0.25) is 0 Å². The van der Waals surface area contributed by atoms with E-state index in [4.69, 9.17) is 9.90 Å². The maximum Gasteiger partial charge on any atom is 0.490 e. The molecule has 4 rings (SSSR count). The lowest BCUT2D eigenvalue weighted by atomic mass is 10.2. The third-order valence-electron chi connectivity index (χ3n) is 4.49. The molecule has 0 saturated heterocycles. The van der Waals surface area contributed by atoms with E-state index in [2.05, 4.69) is 33.0 Å². The zero-order valence-corrected chi connectivity index (χ0v) is 16.9. The number of hydrogen-bond donors (Lipinski definition) is 3. The number of carbonyl (C=O) groups excluding carboxylic acids is 1. The number of nitrogens with zero attached hydrogens (tertiary/aromatic N) is 5. The molecule has 1 aliphatic heterocycles. The quantitative estimate of drug-likeness (QED) is 0.549.